The van der Waals surface area contributed by atoms with E-state index in [9.17, 15) is 14.4 Å². The number of hydrogen-bond acceptors (Lipinski definition) is 6. The maximum absolute atomic E-state index is 14.5. The Morgan fingerprint density at radius 1 is 1.09 bits per heavy atom. The van der Waals surface area contributed by atoms with Crippen molar-refractivity contribution in [3.8, 4) is 23.3 Å². The molecule has 0 saturated heterocycles. The highest BCUT2D eigenvalue weighted by atomic mass is 19.1. The van der Waals surface area contributed by atoms with Gasteiger partial charge in [0.15, 0.2) is 6.61 Å². The molecule has 2 N–H and O–H groups in total. The first-order valence-corrected chi connectivity index (χ1v) is 9.82. The molecule has 3 aromatic rings. The van der Waals surface area contributed by atoms with E-state index in [0.717, 1.165) is 5.56 Å². The van der Waals surface area contributed by atoms with Gasteiger partial charge in [-0.3, -0.25) is 0 Å². The van der Waals surface area contributed by atoms with Crippen LogP contribution in [0.5, 0.6) is 17.2 Å². The molecular formula is C25H19FN2O4. The zero-order valence-corrected chi connectivity index (χ0v) is 17.2. The van der Waals surface area contributed by atoms with Crippen LogP contribution < -0.4 is 19.9 Å². The van der Waals surface area contributed by atoms with Gasteiger partial charge in [-0.15, -0.1) is 0 Å². The predicted molar refractivity (Wildman–Crippen MR) is 114 cm³/mol. The van der Waals surface area contributed by atoms with Crippen LogP contribution in [0.15, 0.2) is 78.2 Å². The zero-order chi connectivity index (χ0) is 22.7. The van der Waals surface area contributed by atoms with Crippen molar-refractivity contribution in [1.82, 2.24) is 0 Å². The summed E-state index contributed by atoms with van der Waals surface area (Å²) in [6, 6.07) is 20.1. The Kier molecular flexibility index (Phi) is 5.77. The highest BCUT2D eigenvalue weighted by Gasteiger charge is 2.32. The number of carbonyl (C=O) groups excluding carboxylic acids is 1. The normalized spacial score (nSPS) is 14.7. The van der Waals surface area contributed by atoms with Crippen LogP contribution >= 0.6 is 0 Å². The molecule has 0 radical (unpaired) electrons. The fourth-order valence-corrected chi connectivity index (χ4v) is 3.47. The minimum Gasteiger partial charge on any atom is -0.482 e. The molecule has 6 nitrogen and oxygen atoms in total. The van der Waals surface area contributed by atoms with Gasteiger partial charge in [-0.05, 0) is 31.2 Å². The van der Waals surface area contributed by atoms with E-state index in [1.807, 2.05) is 25.1 Å². The second kappa shape index (κ2) is 8.82. The van der Waals surface area contributed by atoms with Crippen LogP contribution in [0.25, 0.3) is 0 Å². The topological polar surface area (TPSA) is 94.6 Å². The van der Waals surface area contributed by atoms with Crippen LogP contribution in [0, 0.1) is 24.1 Å². The summed E-state index contributed by atoms with van der Waals surface area (Å²) in [5.74, 6) is -0.890. The van der Waals surface area contributed by atoms with Crippen molar-refractivity contribution in [2.24, 2.45) is 5.73 Å². The van der Waals surface area contributed by atoms with Crippen molar-refractivity contribution in [1.29, 1.82) is 5.26 Å². The van der Waals surface area contributed by atoms with Crippen molar-refractivity contribution in [3.05, 3.63) is 101 Å². The van der Waals surface area contributed by atoms with Crippen LogP contribution in [-0.2, 0) is 4.79 Å². The highest BCUT2D eigenvalue weighted by molar-refractivity contribution is 5.74. The largest absolute Gasteiger partial charge is 0.482 e. The van der Waals surface area contributed by atoms with Gasteiger partial charge in [0.25, 0.3) is 0 Å². The number of nitrogens with zero attached hydrogens (tertiary/aromatic N) is 1. The average Bonchev–Trinajstić information content (AvgIpc) is 2.78. The summed E-state index contributed by atoms with van der Waals surface area (Å²) in [6.07, 6.45) is 0. The number of fused-ring (bicyclic) bond motifs is 1. The van der Waals surface area contributed by atoms with Crippen LogP contribution in [0.1, 0.15) is 22.6 Å². The van der Waals surface area contributed by atoms with E-state index in [-0.39, 0.29) is 29.6 Å². The summed E-state index contributed by atoms with van der Waals surface area (Å²) in [4.78, 5) is 12.2. The van der Waals surface area contributed by atoms with Crippen molar-refractivity contribution in [2.45, 2.75) is 12.8 Å². The van der Waals surface area contributed by atoms with Gasteiger partial charge in [-0.25, -0.2) is 9.18 Å². The van der Waals surface area contributed by atoms with Crippen LogP contribution in [-0.4, -0.2) is 12.6 Å². The van der Waals surface area contributed by atoms with E-state index in [0.29, 0.717) is 16.9 Å². The summed E-state index contributed by atoms with van der Waals surface area (Å²) in [5, 5.41) is 9.58. The van der Waals surface area contributed by atoms with E-state index in [1.54, 1.807) is 42.5 Å². The maximum atomic E-state index is 14.5. The van der Waals surface area contributed by atoms with Crippen molar-refractivity contribution < 1.29 is 23.4 Å². The van der Waals surface area contributed by atoms with Crippen LogP contribution in [0.4, 0.5) is 4.39 Å². The predicted octanol–water partition coefficient (Wildman–Crippen LogP) is 4.34. The van der Waals surface area contributed by atoms with Crippen molar-refractivity contribution in [3.63, 3.8) is 0 Å². The molecule has 0 fully saturated rings. The zero-order valence-electron chi connectivity index (χ0n) is 17.2. The van der Waals surface area contributed by atoms with Gasteiger partial charge in [0.1, 0.15) is 34.7 Å². The molecule has 0 aliphatic carbocycles. The summed E-state index contributed by atoms with van der Waals surface area (Å²) >= 11 is 0. The molecule has 160 valence electrons. The number of nitriles is 1. The minimum atomic E-state index is -0.737. The number of nitrogens with two attached hydrogens (primary N) is 1. The second-order valence-corrected chi connectivity index (χ2v) is 7.22. The molecule has 0 bridgehead atoms. The van der Waals surface area contributed by atoms with E-state index in [4.69, 9.17) is 19.9 Å². The third-order valence-corrected chi connectivity index (χ3v) is 5.02. The van der Waals surface area contributed by atoms with Gasteiger partial charge in [0.2, 0.25) is 5.88 Å². The van der Waals surface area contributed by atoms with E-state index < -0.39 is 17.7 Å². The fraction of sp³-hybridized carbons (Fsp3) is 0.120. The van der Waals surface area contributed by atoms with Crippen molar-refractivity contribution >= 4 is 5.97 Å². The molecule has 1 heterocycles. The summed E-state index contributed by atoms with van der Waals surface area (Å²) in [7, 11) is 0. The Balaban J connectivity index is 1.55. The number of benzene rings is 3. The van der Waals surface area contributed by atoms with Gasteiger partial charge in [0.05, 0.1) is 5.92 Å². The monoisotopic (exact) mass is 430 g/mol. The lowest BCUT2D eigenvalue weighted by Crippen LogP contribution is -2.22. The molecule has 0 saturated carbocycles. The van der Waals surface area contributed by atoms with E-state index in [2.05, 4.69) is 0 Å². The number of ether oxygens (including phenoxy) is 3. The summed E-state index contributed by atoms with van der Waals surface area (Å²) in [6.45, 7) is 1.67. The number of rotatable bonds is 5. The lowest BCUT2D eigenvalue weighted by Gasteiger charge is -2.27. The van der Waals surface area contributed by atoms with E-state index >= 15 is 0 Å². The molecule has 3 aromatic carbocycles. The van der Waals surface area contributed by atoms with Crippen molar-refractivity contribution in [2.75, 3.05) is 6.61 Å². The Labute approximate surface area is 184 Å². The van der Waals surface area contributed by atoms with Gasteiger partial charge < -0.3 is 19.9 Å². The second-order valence-electron chi connectivity index (χ2n) is 7.22. The number of halogens is 1. The Morgan fingerprint density at radius 3 is 2.53 bits per heavy atom. The maximum Gasteiger partial charge on any atom is 0.349 e. The Hall–Kier alpha value is -4.31. The number of carbonyl (C=O) groups is 1. The SMILES string of the molecule is Cc1ccc(OCC(=O)Oc2ccc3c(c2)OC(N)=C(C#N)C3c2ccccc2F)cc1. The highest BCUT2D eigenvalue weighted by Crippen LogP contribution is 2.44. The number of allylic oxidation sites excluding steroid dienone is 1. The Morgan fingerprint density at radius 2 is 1.81 bits per heavy atom. The summed E-state index contributed by atoms with van der Waals surface area (Å²) < 4.78 is 30.9. The quantitative estimate of drug-likeness (QED) is 0.478. The average molecular weight is 430 g/mol. The molecule has 0 aromatic heterocycles. The first-order valence-electron chi connectivity index (χ1n) is 9.82. The molecule has 0 spiro atoms. The molecule has 1 atom stereocenters. The lowest BCUT2D eigenvalue weighted by atomic mass is 9.83. The Bertz CT molecular complexity index is 1250. The molecule has 7 heteroatoms. The number of hydrogen-bond donors (Lipinski definition) is 1. The fourth-order valence-electron chi connectivity index (χ4n) is 3.47. The molecule has 4 rings (SSSR count). The van der Waals surface area contributed by atoms with Gasteiger partial charge in [-0.1, -0.05) is 42.0 Å². The molecule has 0 amide bonds. The molecular weight excluding hydrogens is 411 g/mol. The third kappa shape index (κ3) is 4.25. The van der Waals surface area contributed by atoms with Crippen LogP contribution in [0.2, 0.25) is 0 Å². The first kappa shape index (κ1) is 20.9. The molecule has 1 aliphatic rings. The third-order valence-electron chi connectivity index (χ3n) is 5.02. The lowest BCUT2D eigenvalue weighted by molar-refractivity contribution is -0.136. The van der Waals surface area contributed by atoms with Gasteiger partial charge >= 0.3 is 5.97 Å². The number of esters is 1. The smallest absolute Gasteiger partial charge is 0.349 e. The van der Waals surface area contributed by atoms with Gasteiger partial charge in [0, 0.05) is 17.2 Å². The van der Waals surface area contributed by atoms with Crippen LogP contribution in [0.3, 0.4) is 0 Å². The standard InChI is InChI=1S/C25H19FN2O4/c1-15-6-8-16(9-7-15)30-14-23(29)31-17-10-11-19-22(12-17)32-25(28)20(13-27)24(19)18-4-2-3-5-21(18)26/h2-12,24H,14,28H2,1H3. The molecule has 32 heavy (non-hydrogen) atoms. The molecule has 1 aliphatic heterocycles. The molecule has 1 unspecified atom stereocenters. The number of aryl methyl sites for hydroxylation is 1. The first-order chi connectivity index (χ1) is 15.5. The van der Waals surface area contributed by atoms with Gasteiger partial charge in [-0.2, -0.15) is 5.26 Å². The summed E-state index contributed by atoms with van der Waals surface area (Å²) in [5.41, 5.74) is 7.97. The van der Waals surface area contributed by atoms with E-state index in [1.165, 1.54) is 12.1 Å². The minimum absolute atomic E-state index is 0.110.